The van der Waals surface area contributed by atoms with Crippen LogP contribution in [0.25, 0.3) is 17.2 Å². The van der Waals surface area contributed by atoms with Crippen LogP contribution >= 0.6 is 0 Å². The lowest BCUT2D eigenvalue weighted by Crippen LogP contribution is -2.14. The Balaban J connectivity index is 1.53. The maximum atomic E-state index is 14.7. The molecular formula is C25H15F5N2O4. The molecule has 184 valence electrons. The summed E-state index contributed by atoms with van der Waals surface area (Å²) in [5, 5.41) is 11.9. The van der Waals surface area contributed by atoms with Crippen LogP contribution in [-0.4, -0.2) is 22.0 Å². The smallest absolute Gasteiger partial charge is 0.419 e. The summed E-state index contributed by atoms with van der Waals surface area (Å²) in [7, 11) is 0. The molecule has 0 bridgehead atoms. The number of nitrogens with one attached hydrogen (secondary N) is 1. The molecule has 1 heterocycles. The van der Waals surface area contributed by atoms with Crippen LogP contribution in [0.3, 0.4) is 0 Å². The second-order valence-corrected chi connectivity index (χ2v) is 7.62. The van der Waals surface area contributed by atoms with Gasteiger partial charge >= 0.3 is 12.1 Å². The number of oxazole rings is 1. The van der Waals surface area contributed by atoms with Gasteiger partial charge < -0.3 is 14.8 Å². The van der Waals surface area contributed by atoms with Crippen molar-refractivity contribution in [2.75, 3.05) is 5.32 Å². The Kier molecular flexibility index (Phi) is 6.56. The molecular weight excluding hydrogens is 487 g/mol. The van der Waals surface area contributed by atoms with Crippen molar-refractivity contribution in [2.24, 2.45) is 0 Å². The molecule has 0 spiro atoms. The predicted molar refractivity (Wildman–Crippen MR) is 119 cm³/mol. The lowest BCUT2D eigenvalue weighted by atomic mass is 9.91. The van der Waals surface area contributed by atoms with E-state index in [0.29, 0.717) is 22.7 Å². The fraction of sp³-hybridized carbons (Fsp3) is 0.0800. The topological polar surface area (TPSA) is 92.4 Å². The highest BCUT2D eigenvalue weighted by Gasteiger charge is 2.34. The fourth-order valence-electron chi connectivity index (χ4n) is 3.58. The van der Waals surface area contributed by atoms with Gasteiger partial charge in [0.15, 0.2) is 12.0 Å². The molecule has 0 aliphatic heterocycles. The number of nitrogens with zero attached hydrogens (tertiary/aromatic N) is 1. The van der Waals surface area contributed by atoms with E-state index < -0.39 is 46.7 Å². The molecule has 0 radical (unpaired) electrons. The van der Waals surface area contributed by atoms with Gasteiger partial charge in [0.05, 0.1) is 11.3 Å². The quantitative estimate of drug-likeness (QED) is 0.250. The van der Waals surface area contributed by atoms with Gasteiger partial charge in [0.1, 0.15) is 23.1 Å². The zero-order chi connectivity index (χ0) is 26.0. The first-order valence-corrected chi connectivity index (χ1v) is 10.2. The third-order valence-electron chi connectivity index (χ3n) is 5.27. The van der Waals surface area contributed by atoms with Crippen LogP contribution in [0.5, 0.6) is 0 Å². The molecule has 0 aliphatic rings. The third-order valence-corrected chi connectivity index (χ3v) is 5.27. The average Bonchev–Trinajstić information content (AvgIpc) is 3.27. The van der Waals surface area contributed by atoms with E-state index in [1.54, 1.807) is 0 Å². The summed E-state index contributed by atoms with van der Waals surface area (Å²) in [5.41, 5.74) is -0.994. The zero-order valence-electron chi connectivity index (χ0n) is 18.0. The summed E-state index contributed by atoms with van der Waals surface area (Å²) in [6.45, 7) is 0. The lowest BCUT2D eigenvalue weighted by molar-refractivity contribution is -0.140. The van der Waals surface area contributed by atoms with Gasteiger partial charge in [-0.3, -0.25) is 9.59 Å². The van der Waals surface area contributed by atoms with Crippen LogP contribution in [-0.2, 0) is 15.8 Å². The second kappa shape index (κ2) is 9.61. The minimum atomic E-state index is -4.91. The fourth-order valence-corrected chi connectivity index (χ4v) is 3.58. The molecule has 36 heavy (non-hydrogen) atoms. The van der Waals surface area contributed by atoms with Crippen LogP contribution in [0.1, 0.15) is 28.2 Å². The number of benzene rings is 3. The Morgan fingerprint density at radius 2 is 1.75 bits per heavy atom. The van der Waals surface area contributed by atoms with Gasteiger partial charge in [0.2, 0.25) is 5.91 Å². The minimum absolute atomic E-state index is 0.0856. The number of alkyl halides is 3. The molecule has 1 amide bonds. The number of anilines is 1. The Bertz CT molecular complexity index is 1490. The molecule has 0 saturated heterocycles. The van der Waals surface area contributed by atoms with Crippen molar-refractivity contribution in [3.05, 3.63) is 101 Å². The number of aromatic nitrogens is 1. The third kappa shape index (κ3) is 5.09. The minimum Gasteiger partial charge on any atom is -0.481 e. The van der Waals surface area contributed by atoms with Gasteiger partial charge in [0, 0.05) is 11.6 Å². The highest BCUT2D eigenvalue weighted by molar-refractivity contribution is 6.02. The van der Waals surface area contributed by atoms with E-state index in [-0.39, 0.29) is 11.3 Å². The van der Waals surface area contributed by atoms with E-state index in [1.807, 2.05) is 0 Å². The lowest BCUT2D eigenvalue weighted by Gasteiger charge is -2.15. The standard InChI is InChI=1S/C25H15F5N2O4/c26-17-10-14(22(24(34)35)15-5-8-20-19(11-15)31-12-36-20)4-7-18(17)32-21(33)9-6-13-2-1-3-16(23(13)27)25(28,29)30/h1-12,22H,(H,32,33)(H,34,35). The Hall–Kier alpha value is -4.54. The Labute approximate surface area is 199 Å². The molecule has 1 aromatic heterocycles. The summed E-state index contributed by atoms with van der Waals surface area (Å²) < 4.78 is 72.4. The van der Waals surface area contributed by atoms with Crippen molar-refractivity contribution in [3.8, 4) is 0 Å². The van der Waals surface area contributed by atoms with Crippen molar-refractivity contribution in [3.63, 3.8) is 0 Å². The maximum Gasteiger partial charge on any atom is 0.419 e. The number of hydrogen-bond donors (Lipinski definition) is 2. The number of rotatable bonds is 6. The monoisotopic (exact) mass is 502 g/mol. The molecule has 0 fully saturated rings. The number of fused-ring (bicyclic) bond motifs is 1. The highest BCUT2D eigenvalue weighted by atomic mass is 19.4. The SMILES string of the molecule is O=C(C=Cc1cccc(C(F)(F)F)c1F)Nc1ccc(C(C(=O)O)c2ccc3ocnc3c2)cc1F. The van der Waals surface area contributed by atoms with E-state index in [0.717, 1.165) is 36.4 Å². The normalized spacial score (nSPS) is 12.7. The Morgan fingerprint density at radius 3 is 2.44 bits per heavy atom. The molecule has 4 rings (SSSR count). The molecule has 2 N–H and O–H groups in total. The van der Waals surface area contributed by atoms with E-state index in [9.17, 15) is 36.6 Å². The van der Waals surface area contributed by atoms with Crippen molar-refractivity contribution in [2.45, 2.75) is 12.1 Å². The second-order valence-electron chi connectivity index (χ2n) is 7.62. The number of amides is 1. The number of halogens is 5. The number of carbonyl (C=O) groups excluding carboxylic acids is 1. The molecule has 3 aromatic carbocycles. The summed E-state index contributed by atoms with van der Waals surface area (Å²) in [5.74, 6) is -5.93. The zero-order valence-corrected chi connectivity index (χ0v) is 18.0. The molecule has 6 nitrogen and oxygen atoms in total. The van der Waals surface area contributed by atoms with Crippen LogP contribution in [0, 0.1) is 11.6 Å². The summed E-state index contributed by atoms with van der Waals surface area (Å²) in [6, 6.07) is 10.5. The van der Waals surface area contributed by atoms with E-state index in [1.165, 1.54) is 30.7 Å². The van der Waals surface area contributed by atoms with Crippen LogP contribution in [0.15, 0.2) is 71.5 Å². The number of carboxylic acids is 1. The molecule has 0 saturated carbocycles. The summed E-state index contributed by atoms with van der Waals surface area (Å²) in [4.78, 5) is 28.1. The predicted octanol–water partition coefficient (Wildman–Crippen LogP) is 5.99. The molecule has 11 heteroatoms. The van der Waals surface area contributed by atoms with Gasteiger partial charge in [0.25, 0.3) is 0 Å². The van der Waals surface area contributed by atoms with Gasteiger partial charge in [-0.15, -0.1) is 0 Å². The van der Waals surface area contributed by atoms with Crippen LogP contribution in [0.2, 0.25) is 0 Å². The maximum absolute atomic E-state index is 14.7. The number of aliphatic carboxylic acids is 1. The number of carbonyl (C=O) groups is 2. The summed E-state index contributed by atoms with van der Waals surface area (Å²) in [6.07, 6.45) is -2.13. The summed E-state index contributed by atoms with van der Waals surface area (Å²) >= 11 is 0. The first-order valence-electron chi connectivity index (χ1n) is 10.2. The average molecular weight is 502 g/mol. The number of carboxylic acid groups (broad SMARTS) is 1. The van der Waals surface area contributed by atoms with E-state index in [4.69, 9.17) is 4.42 Å². The van der Waals surface area contributed by atoms with Crippen molar-refractivity contribution in [1.82, 2.24) is 4.98 Å². The van der Waals surface area contributed by atoms with Crippen LogP contribution in [0.4, 0.5) is 27.6 Å². The van der Waals surface area contributed by atoms with Crippen molar-refractivity contribution < 1.29 is 41.1 Å². The molecule has 0 aliphatic carbocycles. The van der Waals surface area contributed by atoms with Gasteiger partial charge in [-0.2, -0.15) is 13.2 Å². The molecule has 1 unspecified atom stereocenters. The Morgan fingerprint density at radius 1 is 1.03 bits per heavy atom. The van der Waals surface area contributed by atoms with Crippen molar-refractivity contribution >= 4 is 34.7 Å². The first-order chi connectivity index (χ1) is 17.0. The molecule has 1 atom stereocenters. The first kappa shape index (κ1) is 24.6. The highest BCUT2D eigenvalue weighted by Crippen LogP contribution is 2.33. The van der Waals surface area contributed by atoms with Gasteiger partial charge in [-0.25, -0.2) is 13.8 Å². The van der Waals surface area contributed by atoms with E-state index in [2.05, 4.69) is 10.3 Å². The van der Waals surface area contributed by atoms with Gasteiger partial charge in [-0.1, -0.05) is 24.3 Å². The van der Waals surface area contributed by atoms with E-state index >= 15 is 0 Å². The largest absolute Gasteiger partial charge is 0.481 e. The van der Waals surface area contributed by atoms with Crippen LogP contribution < -0.4 is 5.32 Å². The van der Waals surface area contributed by atoms with Crippen molar-refractivity contribution in [1.29, 1.82) is 0 Å². The number of hydrogen-bond acceptors (Lipinski definition) is 4. The molecule has 4 aromatic rings. The van der Waals surface area contributed by atoms with Gasteiger partial charge in [-0.05, 0) is 47.5 Å².